The number of carbonyl (C=O) groups is 1. The maximum Gasteiger partial charge on any atom is 0.251 e. The lowest BCUT2D eigenvalue weighted by Gasteiger charge is -2.17. The van der Waals surface area contributed by atoms with E-state index < -0.39 is 0 Å². The summed E-state index contributed by atoms with van der Waals surface area (Å²) in [5, 5.41) is 2.91. The number of alkyl halides is 1. The smallest absolute Gasteiger partial charge is 0.251 e. The van der Waals surface area contributed by atoms with Crippen LogP contribution in [0, 0.1) is 0 Å². The van der Waals surface area contributed by atoms with Crippen LogP contribution in [0.1, 0.15) is 27.5 Å². The third-order valence-electron chi connectivity index (χ3n) is 3.79. The van der Waals surface area contributed by atoms with Gasteiger partial charge in [-0.1, -0.05) is 30.3 Å². The molecule has 3 nitrogen and oxygen atoms in total. The fraction of sp³-hybridized carbons (Fsp3) is 0.235. The van der Waals surface area contributed by atoms with Crippen molar-refractivity contribution >= 4 is 17.5 Å². The summed E-state index contributed by atoms with van der Waals surface area (Å²) in [5.41, 5.74) is 2.88. The zero-order valence-electron chi connectivity index (χ0n) is 11.7. The van der Waals surface area contributed by atoms with E-state index in [0.717, 1.165) is 12.0 Å². The Kier molecular flexibility index (Phi) is 3.84. The maximum atomic E-state index is 12.4. The van der Waals surface area contributed by atoms with Gasteiger partial charge in [0.05, 0.1) is 18.5 Å². The molecule has 1 aliphatic rings. The van der Waals surface area contributed by atoms with Gasteiger partial charge in [0.2, 0.25) is 0 Å². The van der Waals surface area contributed by atoms with Gasteiger partial charge in [-0.2, -0.15) is 0 Å². The summed E-state index contributed by atoms with van der Waals surface area (Å²) in [6, 6.07) is 15.0. The highest BCUT2D eigenvalue weighted by molar-refractivity contribution is 6.21. The molecule has 2 aromatic rings. The van der Waals surface area contributed by atoms with Crippen molar-refractivity contribution in [3.8, 4) is 5.75 Å². The van der Waals surface area contributed by atoms with Crippen LogP contribution in [0.3, 0.4) is 0 Å². The van der Waals surface area contributed by atoms with E-state index in [1.807, 2.05) is 24.3 Å². The third-order valence-corrected chi connectivity index (χ3v) is 4.19. The lowest BCUT2D eigenvalue weighted by molar-refractivity contribution is 0.0937. The first-order valence-corrected chi connectivity index (χ1v) is 7.29. The van der Waals surface area contributed by atoms with E-state index in [-0.39, 0.29) is 17.3 Å². The lowest BCUT2D eigenvalue weighted by atomic mass is 10.1. The van der Waals surface area contributed by atoms with Crippen LogP contribution in [0.4, 0.5) is 0 Å². The third kappa shape index (κ3) is 2.74. The highest BCUT2D eigenvalue weighted by Crippen LogP contribution is 2.34. The van der Waals surface area contributed by atoms with Crippen molar-refractivity contribution in [3.05, 3.63) is 65.2 Å². The van der Waals surface area contributed by atoms with E-state index in [0.29, 0.717) is 11.3 Å². The van der Waals surface area contributed by atoms with Gasteiger partial charge in [0, 0.05) is 5.56 Å². The van der Waals surface area contributed by atoms with E-state index in [4.69, 9.17) is 16.3 Å². The van der Waals surface area contributed by atoms with E-state index in [1.165, 1.54) is 5.56 Å². The van der Waals surface area contributed by atoms with Gasteiger partial charge in [-0.25, -0.2) is 0 Å². The molecule has 0 heterocycles. The minimum absolute atomic E-state index is 0.114. The summed E-state index contributed by atoms with van der Waals surface area (Å²) in [4.78, 5) is 12.4. The van der Waals surface area contributed by atoms with Crippen molar-refractivity contribution in [3.63, 3.8) is 0 Å². The van der Waals surface area contributed by atoms with Crippen molar-refractivity contribution in [2.45, 2.75) is 17.8 Å². The second-order valence-electron chi connectivity index (χ2n) is 5.10. The van der Waals surface area contributed by atoms with E-state index in [2.05, 4.69) is 11.4 Å². The van der Waals surface area contributed by atoms with Gasteiger partial charge in [0.1, 0.15) is 5.75 Å². The fourth-order valence-electron chi connectivity index (χ4n) is 2.70. The molecule has 108 valence electrons. The Balaban J connectivity index is 1.81. The molecule has 0 radical (unpaired) electrons. The van der Waals surface area contributed by atoms with Gasteiger partial charge in [-0.15, -0.1) is 11.6 Å². The maximum absolute atomic E-state index is 12.4. The lowest BCUT2D eigenvalue weighted by Crippen LogP contribution is -2.31. The Hall–Kier alpha value is -2.00. The Morgan fingerprint density at radius 3 is 2.86 bits per heavy atom. The van der Waals surface area contributed by atoms with Crippen molar-refractivity contribution < 1.29 is 9.53 Å². The van der Waals surface area contributed by atoms with Crippen LogP contribution in [-0.4, -0.2) is 18.4 Å². The molecule has 4 heteroatoms. The fourth-order valence-corrected chi connectivity index (χ4v) is 3.07. The van der Waals surface area contributed by atoms with Crippen LogP contribution >= 0.6 is 11.6 Å². The number of halogens is 1. The van der Waals surface area contributed by atoms with Crippen molar-refractivity contribution in [1.82, 2.24) is 5.32 Å². The first-order valence-electron chi connectivity index (χ1n) is 6.86. The number of benzene rings is 2. The van der Waals surface area contributed by atoms with Crippen molar-refractivity contribution in [1.29, 1.82) is 0 Å². The van der Waals surface area contributed by atoms with Crippen LogP contribution < -0.4 is 10.1 Å². The number of nitrogens with one attached hydrogen (secondary N) is 1. The van der Waals surface area contributed by atoms with E-state index >= 15 is 0 Å². The van der Waals surface area contributed by atoms with E-state index in [1.54, 1.807) is 25.3 Å². The molecule has 1 N–H and O–H groups in total. The monoisotopic (exact) mass is 301 g/mol. The molecular formula is C17H16ClNO2. The van der Waals surface area contributed by atoms with Gasteiger partial charge < -0.3 is 10.1 Å². The minimum Gasteiger partial charge on any atom is -0.497 e. The van der Waals surface area contributed by atoms with Crippen LogP contribution in [0.15, 0.2) is 48.5 Å². The molecule has 3 rings (SSSR count). The van der Waals surface area contributed by atoms with Crippen molar-refractivity contribution in [2.24, 2.45) is 0 Å². The summed E-state index contributed by atoms with van der Waals surface area (Å²) >= 11 is 6.39. The quantitative estimate of drug-likeness (QED) is 0.883. The number of ether oxygens (including phenoxy) is 1. The van der Waals surface area contributed by atoms with Gasteiger partial charge in [-0.05, 0) is 35.7 Å². The molecule has 1 aliphatic carbocycles. The van der Waals surface area contributed by atoms with Gasteiger partial charge in [0.25, 0.3) is 5.91 Å². The van der Waals surface area contributed by atoms with Crippen molar-refractivity contribution in [2.75, 3.05) is 7.11 Å². The predicted octanol–water partition coefficient (Wildman–Crippen LogP) is 3.33. The second-order valence-corrected chi connectivity index (χ2v) is 5.66. The van der Waals surface area contributed by atoms with Crippen LogP contribution in [-0.2, 0) is 6.42 Å². The highest BCUT2D eigenvalue weighted by atomic mass is 35.5. The molecule has 0 saturated heterocycles. The molecule has 1 amide bonds. The summed E-state index contributed by atoms with van der Waals surface area (Å²) in [5.74, 6) is 0.526. The molecule has 2 atom stereocenters. The van der Waals surface area contributed by atoms with Crippen LogP contribution in [0.2, 0.25) is 0 Å². The number of carbonyl (C=O) groups excluding carboxylic acids is 1. The van der Waals surface area contributed by atoms with Crippen LogP contribution in [0.5, 0.6) is 5.75 Å². The molecule has 0 bridgehead atoms. The summed E-state index contributed by atoms with van der Waals surface area (Å²) < 4.78 is 5.15. The second kappa shape index (κ2) is 5.78. The molecule has 0 spiro atoms. The zero-order chi connectivity index (χ0) is 14.8. The molecule has 0 saturated carbocycles. The molecular weight excluding hydrogens is 286 g/mol. The standard InChI is InChI=1S/C17H16ClNO2/c1-21-13-7-4-6-12(9-13)17(20)19-16-14-8-3-2-5-11(14)10-15(16)18/h2-9,15-16H,10H2,1H3,(H,19,20). The normalized spacial score (nSPS) is 19.9. The van der Waals surface area contributed by atoms with Gasteiger partial charge in [-0.3, -0.25) is 4.79 Å². The minimum atomic E-state index is -0.151. The van der Waals surface area contributed by atoms with Crippen LogP contribution in [0.25, 0.3) is 0 Å². The van der Waals surface area contributed by atoms with Gasteiger partial charge >= 0.3 is 0 Å². The Bertz CT molecular complexity index is 671. The molecule has 2 aromatic carbocycles. The number of amides is 1. The number of methoxy groups -OCH3 is 1. The highest BCUT2D eigenvalue weighted by Gasteiger charge is 2.32. The largest absolute Gasteiger partial charge is 0.497 e. The Labute approximate surface area is 128 Å². The SMILES string of the molecule is COc1cccc(C(=O)NC2c3ccccc3CC2Cl)c1. The number of hydrogen-bond acceptors (Lipinski definition) is 2. The molecule has 0 aliphatic heterocycles. The first-order chi connectivity index (χ1) is 10.2. The predicted molar refractivity (Wildman–Crippen MR) is 83.0 cm³/mol. The average Bonchev–Trinajstić information content (AvgIpc) is 2.83. The molecule has 0 fully saturated rings. The van der Waals surface area contributed by atoms with E-state index in [9.17, 15) is 4.79 Å². The topological polar surface area (TPSA) is 38.3 Å². The van der Waals surface area contributed by atoms with Gasteiger partial charge in [0.15, 0.2) is 0 Å². The number of hydrogen-bond donors (Lipinski definition) is 1. The first kappa shape index (κ1) is 14.0. The summed E-state index contributed by atoms with van der Waals surface area (Å²) in [7, 11) is 1.58. The Morgan fingerprint density at radius 2 is 2.05 bits per heavy atom. The number of fused-ring (bicyclic) bond motifs is 1. The zero-order valence-corrected chi connectivity index (χ0v) is 12.4. The average molecular weight is 302 g/mol. The summed E-state index contributed by atoms with van der Waals surface area (Å²) in [6.07, 6.45) is 0.779. The molecule has 21 heavy (non-hydrogen) atoms. The number of rotatable bonds is 3. The summed E-state index contributed by atoms with van der Waals surface area (Å²) in [6.45, 7) is 0. The Morgan fingerprint density at radius 1 is 1.24 bits per heavy atom. The molecule has 0 aromatic heterocycles. The molecule has 2 unspecified atom stereocenters.